The van der Waals surface area contributed by atoms with Gasteiger partial charge in [0, 0.05) is 12.6 Å². The highest BCUT2D eigenvalue weighted by atomic mass is 16.4. The van der Waals surface area contributed by atoms with Crippen LogP contribution in [0.4, 0.5) is 0 Å². The van der Waals surface area contributed by atoms with E-state index in [-0.39, 0.29) is 11.5 Å². The first-order chi connectivity index (χ1) is 8.52. The van der Waals surface area contributed by atoms with Gasteiger partial charge in [-0.15, -0.1) is 0 Å². The largest absolute Gasteiger partial charge is 0.477 e. The summed E-state index contributed by atoms with van der Waals surface area (Å²) in [5.41, 5.74) is 1.95. The molecular formula is C14H13NO3. The van der Waals surface area contributed by atoms with Gasteiger partial charge in [-0.1, -0.05) is 24.3 Å². The number of carboxylic acid groups (broad SMARTS) is 1. The Morgan fingerprint density at radius 3 is 2.22 bits per heavy atom. The number of aromatic carboxylic acids is 1. The molecule has 0 amide bonds. The summed E-state index contributed by atoms with van der Waals surface area (Å²) in [6.45, 7) is 1.86. The summed E-state index contributed by atoms with van der Waals surface area (Å²) in [5, 5.41) is 8.95. The predicted octanol–water partition coefficient (Wildman–Crippen LogP) is 2.26. The molecular weight excluding hydrogens is 230 g/mol. The number of nitrogens with zero attached hydrogens (tertiary/aromatic N) is 1. The first-order valence-corrected chi connectivity index (χ1v) is 5.51. The Hall–Kier alpha value is -2.36. The number of carbonyl (C=O) groups is 2. The second-order valence-electron chi connectivity index (χ2n) is 4.11. The van der Waals surface area contributed by atoms with Gasteiger partial charge in [0.15, 0.2) is 0 Å². The number of benzene rings is 1. The molecule has 92 valence electrons. The third-order valence-electron chi connectivity index (χ3n) is 2.96. The fraction of sp³-hybridized carbons (Fsp3) is 0.143. The van der Waals surface area contributed by atoms with Crippen molar-refractivity contribution in [1.29, 1.82) is 0 Å². The summed E-state index contributed by atoms with van der Waals surface area (Å²) in [6, 6.07) is 10.2. The van der Waals surface area contributed by atoms with Gasteiger partial charge in [0.2, 0.25) is 5.78 Å². The number of aryl methyl sites for hydroxylation is 1. The van der Waals surface area contributed by atoms with Crippen LogP contribution >= 0.6 is 0 Å². The summed E-state index contributed by atoms with van der Waals surface area (Å²) in [4.78, 5) is 23.2. The smallest absolute Gasteiger partial charge is 0.352 e. The third kappa shape index (κ3) is 1.93. The predicted molar refractivity (Wildman–Crippen MR) is 67.0 cm³/mol. The molecule has 1 aromatic carbocycles. The Balaban J connectivity index is 2.48. The number of hydrogen-bond donors (Lipinski definition) is 1. The average molecular weight is 243 g/mol. The molecule has 0 spiro atoms. The van der Waals surface area contributed by atoms with Crippen molar-refractivity contribution >= 4 is 11.8 Å². The highest BCUT2D eigenvalue weighted by Gasteiger charge is 2.18. The van der Waals surface area contributed by atoms with Gasteiger partial charge in [-0.3, -0.25) is 4.79 Å². The lowest BCUT2D eigenvalue weighted by atomic mass is 10.0. The molecule has 18 heavy (non-hydrogen) atoms. The van der Waals surface area contributed by atoms with Crippen LogP contribution in [-0.4, -0.2) is 21.4 Å². The molecule has 0 aliphatic rings. The summed E-state index contributed by atoms with van der Waals surface area (Å²) in [6.07, 6.45) is 0. The Labute approximate surface area is 104 Å². The molecule has 0 aliphatic carbocycles. The van der Waals surface area contributed by atoms with E-state index in [1.807, 2.05) is 19.1 Å². The monoisotopic (exact) mass is 243 g/mol. The number of carbonyl (C=O) groups excluding carboxylic acids is 1. The number of aromatic nitrogens is 1. The fourth-order valence-corrected chi connectivity index (χ4v) is 1.92. The van der Waals surface area contributed by atoms with Crippen LogP contribution in [0.1, 0.15) is 32.1 Å². The third-order valence-corrected chi connectivity index (χ3v) is 2.96. The summed E-state index contributed by atoms with van der Waals surface area (Å²) < 4.78 is 1.40. The Bertz CT molecular complexity index is 626. The van der Waals surface area contributed by atoms with E-state index < -0.39 is 5.97 Å². The van der Waals surface area contributed by atoms with E-state index in [1.54, 1.807) is 19.2 Å². The van der Waals surface area contributed by atoms with Crippen LogP contribution in [0.2, 0.25) is 0 Å². The van der Waals surface area contributed by atoms with Gasteiger partial charge in [0.1, 0.15) is 5.69 Å². The molecule has 1 N–H and O–H groups in total. The average Bonchev–Trinajstić information content (AvgIpc) is 2.71. The van der Waals surface area contributed by atoms with Gasteiger partial charge in [-0.25, -0.2) is 4.79 Å². The first kappa shape index (κ1) is 12.1. The SMILES string of the molecule is Cc1ccccc1C(=O)c1ccc(C(=O)O)n1C. The quantitative estimate of drug-likeness (QED) is 0.841. The normalized spacial score (nSPS) is 10.3. The van der Waals surface area contributed by atoms with E-state index in [4.69, 9.17) is 5.11 Å². The van der Waals surface area contributed by atoms with Crippen molar-refractivity contribution in [2.24, 2.45) is 7.05 Å². The molecule has 1 heterocycles. The van der Waals surface area contributed by atoms with Gasteiger partial charge in [0.25, 0.3) is 0 Å². The van der Waals surface area contributed by atoms with Gasteiger partial charge >= 0.3 is 5.97 Å². The van der Waals surface area contributed by atoms with E-state index in [9.17, 15) is 9.59 Å². The van der Waals surface area contributed by atoms with Crippen LogP contribution in [-0.2, 0) is 7.05 Å². The van der Waals surface area contributed by atoms with Crippen LogP contribution in [0, 0.1) is 6.92 Å². The van der Waals surface area contributed by atoms with E-state index in [2.05, 4.69) is 0 Å². The zero-order valence-electron chi connectivity index (χ0n) is 10.2. The molecule has 0 atom stereocenters. The maximum Gasteiger partial charge on any atom is 0.352 e. The molecule has 0 fully saturated rings. The lowest BCUT2D eigenvalue weighted by molar-refractivity contribution is 0.0686. The molecule has 4 heteroatoms. The van der Waals surface area contributed by atoms with Crippen molar-refractivity contribution < 1.29 is 14.7 Å². The van der Waals surface area contributed by atoms with Crippen molar-refractivity contribution in [3.63, 3.8) is 0 Å². The topological polar surface area (TPSA) is 59.3 Å². The van der Waals surface area contributed by atoms with E-state index in [0.29, 0.717) is 11.3 Å². The van der Waals surface area contributed by atoms with Crippen LogP contribution < -0.4 is 0 Å². The number of carboxylic acids is 1. The van der Waals surface area contributed by atoms with Crippen molar-refractivity contribution in [3.8, 4) is 0 Å². The molecule has 2 aromatic rings. The van der Waals surface area contributed by atoms with Crippen molar-refractivity contribution in [2.45, 2.75) is 6.92 Å². The Morgan fingerprint density at radius 1 is 1.06 bits per heavy atom. The van der Waals surface area contributed by atoms with Gasteiger partial charge < -0.3 is 9.67 Å². The molecule has 4 nitrogen and oxygen atoms in total. The molecule has 0 bridgehead atoms. The van der Waals surface area contributed by atoms with Crippen molar-refractivity contribution in [1.82, 2.24) is 4.57 Å². The second-order valence-corrected chi connectivity index (χ2v) is 4.11. The number of ketones is 1. The summed E-state index contributed by atoms with van der Waals surface area (Å²) in [7, 11) is 1.58. The van der Waals surface area contributed by atoms with Crippen LogP contribution in [0.15, 0.2) is 36.4 Å². The molecule has 0 saturated heterocycles. The minimum Gasteiger partial charge on any atom is -0.477 e. The maximum atomic E-state index is 12.3. The van der Waals surface area contributed by atoms with E-state index >= 15 is 0 Å². The minimum atomic E-state index is -1.04. The molecule has 0 aliphatic heterocycles. The van der Waals surface area contributed by atoms with Crippen LogP contribution in [0.3, 0.4) is 0 Å². The summed E-state index contributed by atoms with van der Waals surface area (Å²) in [5.74, 6) is -1.20. The maximum absolute atomic E-state index is 12.3. The molecule has 2 rings (SSSR count). The van der Waals surface area contributed by atoms with Crippen LogP contribution in [0.25, 0.3) is 0 Å². The fourth-order valence-electron chi connectivity index (χ4n) is 1.92. The number of hydrogen-bond acceptors (Lipinski definition) is 2. The Kier molecular flexibility index (Phi) is 3.02. The highest BCUT2D eigenvalue weighted by molar-refractivity contribution is 6.09. The zero-order chi connectivity index (χ0) is 13.3. The van der Waals surface area contributed by atoms with Gasteiger partial charge in [-0.2, -0.15) is 0 Å². The zero-order valence-corrected chi connectivity index (χ0v) is 10.2. The lowest BCUT2D eigenvalue weighted by Gasteiger charge is -2.06. The molecule has 0 unspecified atom stereocenters. The first-order valence-electron chi connectivity index (χ1n) is 5.51. The van der Waals surface area contributed by atoms with Gasteiger partial charge in [-0.05, 0) is 24.6 Å². The number of rotatable bonds is 3. The molecule has 1 aromatic heterocycles. The standard InChI is InChI=1S/C14H13NO3/c1-9-5-3-4-6-10(9)13(16)11-7-8-12(14(17)18)15(11)2/h3-8H,1-2H3,(H,17,18). The second kappa shape index (κ2) is 4.49. The Morgan fingerprint density at radius 2 is 1.67 bits per heavy atom. The highest BCUT2D eigenvalue weighted by Crippen LogP contribution is 2.16. The lowest BCUT2D eigenvalue weighted by Crippen LogP contribution is -2.12. The minimum absolute atomic E-state index is 0.104. The van der Waals surface area contributed by atoms with E-state index in [0.717, 1.165) is 5.56 Å². The summed E-state index contributed by atoms with van der Waals surface area (Å²) >= 11 is 0. The van der Waals surface area contributed by atoms with Gasteiger partial charge in [0.05, 0.1) is 5.69 Å². The van der Waals surface area contributed by atoms with E-state index in [1.165, 1.54) is 16.7 Å². The van der Waals surface area contributed by atoms with Crippen molar-refractivity contribution in [2.75, 3.05) is 0 Å². The van der Waals surface area contributed by atoms with Crippen molar-refractivity contribution in [3.05, 3.63) is 58.9 Å². The molecule has 0 radical (unpaired) electrons. The molecule has 0 saturated carbocycles. The van der Waals surface area contributed by atoms with Crippen LogP contribution in [0.5, 0.6) is 0 Å².